The van der Waals surface area contributed by atoms with Crippen LogP contribution in [0.3, 0.4) is 0 Å². The number of hydrogen-bond donors (Lipinski definition) is 4. The van der Waals surface area contributed by atoms with Gasteiger partial charge in [0.15, 0.2) is 12.4 Å². The van der Waals surface area contributed by atoms with Crippen LogP contribution in [0.1, 0.15) is 105 Å². The fourth-order valence-corrected chi connectivity index (χ4v) is 10.7. The van der Waals surface area contributed by atoms with E-state index in [-0.39, 0.29) is 11.5 Å². The Bertz CT molecular complexity index is 969. The van der Waals surface area contributed by atoms with Gasteiger partial charge in [0.05, 0.1) is 6.10 Å². The maximum absolute atomic E-state index is 12.7. The number of aliphatic hydroxyl groups excluding tert-OH is 3. The third-order valence-electron chi connectivity index (χ3n) is 12.7. The summed E-state index contributed by atoms with van der Waals surface area (Å²) in [6, 6.07) is 0. The second kappa shape index (κ2) is 11.8. The molecule has 1 aliphatic heterocycles. The predicted octanol–water partition coefficient (Wildman–Crippen LogP) is 4.56. The Kier molecular flexibility index (Phi) is 9.02. The minimum Gasteiger partial charge on any atom is -0.479 e. The monoisotopic (exact) mass is 578 g/mol. The quantitative estimate of drug-likeness (QED) is 0.308. The summed E-state index contributed by atoms with van der Waals surface area (Å²) in [7, 11) is 0. The van der Waals surface area contributed by atoms with Crippen molar-refractivity contribution < 1.29 is 39.5 Å². The highest BCUT2D eigenvalue weighted by molar-refractivity contribution is 5.78. The van der Waals surface area contributed by atoms with Gasteiger partial charge in [0, 0.05) is 12.8 Å². The smallest absolute Gasteiger partial charge is 0.335 e. The number of fused-ring (bicyclic) bond motifs is 5. The van der Waals surface area contributed by atoms with Crippen molar-refractivity contribution in [3.05, 3.63) is 0 Å². The molecule has 234 valence electrons. The Morgan fingerprint density at radius 1 is 0.854 bits per heavy atom. The largest absolute Gasteiger partial charge is 0.479 e. The van der Waals surface area contributed by atoms with Crippen LogP contribution in [0.2, 0.25) is 0 Å². The van der Waals surface area contributed by atoms with Gasteiger partial charge in [-0.2, -0.15) is 0 Å². The number of ether oxygens (including phenoxy) is 2. The fourth-order valence-electron chi connectivity index (χ4n) is 10.7. The predicted molar refractivity (Wildman–Crippen MR) is 153 cm³/mol. The highest BCUT2D eigenvalue weighted by Gasteiger charge is 2.61. The lowest BCUT2D eigenvalue weighted by atomic mass is 9.44. The molecule has 0 amide bonds. The van der Waals surface area contributed by atoms with Crippen molar-refractivity contribution in [1.29, 1.82) is 0 Å². The van der Waals surface area contributed by atoms with Crippen molar-refractivity contribution in [3.8, 4) is 0 Å². The molecule has 0 aromatic heterocycles. The summed E-state index contributed by atoms with van der Waals surface area (Å²) in [5, 5.41) is 40.1. The van der Waals surface area contributed by atoms with E-state index < -0.39 is 36.7 Å². The second-order valence-electron chi connectivity index (χ2n) is 15.5. The summed E-state index contributed by atoms with van der Waals surface area (Å²) < 4.78 is 11.5. The molecule has 0 aromatic carbocycles. The average molecular weight is 579 g/mol. The van der Waals surface area contributed by atoms with Gasteiger partial charge in [-0.25, -0.2) is 4.79 Å². The van der Waals surface area contributed by atoms with Crippen LogP contribution >= 0.6 is 0 Å². The standard InChI is InChI=1S/C33H54O8/c1-17(2)14-20(34)15-18(3)23-8-9-24-22-7-6-19-16-21(10-12-32(19,4)25(22)11-13-33(23,24)5)40-31-28(37)26(35)27(36)29(41-31)30(38)39/h17-19,21-29,31,35-37H,6-16H2,1-5H3,(H,38,39)/t18-,19+,21+,22+,23-,24-,25+,26?,27+,28+,29?,31-,32+,33-/m1/s1. The summed E-state index contributed by atoms with van der Waals surface area (Å²) in [5.74, 6) is 3.17. The zero-order valence-corrected chi connectivity index (χ0v) is 25.7. The number of ketones is 1. The Hall–Kier alpha value is -1.06. The lowest BCUT2D eigenvalue weighted by molar-refractivity contribution is -0.309. The first-order valence-corrected chi connectivity index (χ1v) is 16.4. The summed E-state index contributed by atoms with van der Waals surface area (Å²) in [5.41, 5.74) is 0.551. The van der Waals surface area contributed by atoms with Crippen molar-refractivity contribution in [1.82, 2.24) is 0 Å². The van der Waals surface area contributed by atoms with Crippen LogP contribution in [-0.2, 0) is 19.1 Å². The van der Waals surface area contributed by atoms with Gasteiger partial charge in [-0.05, 0) is 110 Å². The number of carbonyl (C=O) groups excluding carboxylic acids is 1. The van der Waals surface area contributed by atoms with E-state index in [1.54, 1.807) is 0 Å². The molecule has 2 unspecified atom stereocenters. The van der Waals surface area contributed by atoms with Crippen molar-refractivity contribution in [3.63, 3.8) is 0 Å². The number of aliphatic carboxylic acids is 1. The minimum atomic E-state index is -1.71. The zero-order chi connectivity index (χ0) is 29.9. The maximum Gasteiger partial charge on any atom is 0.335 e. The first-order valence-electron chi connectivity index (χ1n) is 16.4. The van der Waals surface area contributed by atoms with Gasteiger partial charge in [0.2, 0.25) is 0 Å². The van der Waals surface area contributed by atoms with E-state index in [9.17, 15) is 30.0 Å². The molecule has 0 radical (unpaired) electrons. The van der Waals surface area contributed by atoms with Crippen molar-refractivity contribution in [2.45, 2.75) is 142 Å². The van der Waals surface area contributed by atoms with E-state index in [0.29, 0.717) is 47.2 Å². The fraction of sp³-hybridized carbons (Fsp3) is 0.939. The van der Waals surface area contributed by atoms with Crippen LogP contribution in [0.25, 0.3) is 0 Å². The molecule has 14 atom stereocenters. The highest BCUT2D eigenvalue weighted by atomic mass is 16.7. The summed E-state index contributed by atoms with van der Waals surface area (Å²) in [6.45, 7) is 11.6. The SMILES string of the molecule is CC(C)CC(=O)C[C@@H](C)[C@H]1CC[C@@H]2[C@@H]3CC[C@H]4C[C@@H](O[C@@H]5OC(C(=O)O)[C@@H](O)C(O)[C@@H]5O)CC[C@]4(C)[C@H]3CC[C@@]21C. The Morgan fingerprint density at radius 2 is 1.54 bits per heavy atom. The van der Waals surface area contributed by atoms with Gasteiger partial charge in [-0.3, -0.25) is 4.79 Å². The summed E-state index contributed by atoms with van der Waals surface area (Å²) in [4.78, 5) is 24.2. The number of aliphatic hydroxyl groups is 3. The molecular weight excluding hydrogens is 524 g/mol. The molecule has 8 heteroatoms. The van der Waals surface area contributed by atoms with Crippen LogP contribution in [0.15, 0.2) is 0 Å². The van der Waals surface area contributed by atoms with Gasteiger partial charge in [-0.15, -0.1) is 0 Å². The molecule has 5 fully saturated rings. The number of carboxylic acids is 1. The average Bonchev–Trinajstić information content (AvgIpc) is 3.25. The summed E-state index contributed by atoms with van der Waals surface area (Å²) >= 11 is 0. The molecule has 5 rings (SSSR count). The highest BCUT2D eigenvalue weighted by Crippen LogP contribution is 2.68. The molecule has 8 nitrogen and oxygen atoms in total. The van der Waals surface area contributed by atoms with E-state index in [0.717, 1.165) is 43.9 Å². The van der Waals surface area contributed by atoms with Gasteiger partial charge in [0.25, 0.3) is 0 Å². The third-order valence-corrected chi connectivity index (χ3v) is 12.7. The Balaban J connectivity index is 1.22. The molecule has 0 bridgehead atoms. The van der Waals surface area contributed by atoms with Gasteiger partial charge in [0.1, 0.15) is 24.1 Å². The maximum atomic E-state index is 12.7. The lowest BCUT2D eigenvalue weighted by Crippen LogP contribution is -2.61. The molecule has 0 spiro atoms. The van der Waals surface area contributed by atoms with Crippen molar-refractivity contribution >= 4 is 11.8 Å². The minimum absolute atomic E-state index is 0.185. The van der Waals surface area contributed by atoms with Crippen LogP contribution in [0.4, 0.5) is 0 Å². The molecule has 5 aliphatic rings. The molecule has 4 saturated carbocycles. The zero-order valence-electron chi connectivity index (χ0n) is 25.7. The van der Waals surface area contributed by atoms with E-state index >= 15 is 0 Å². The first kappa shape index (κ1) is 31.4. The summed E-state index contributed by atoms with van der Waals surface area (Å²) in [6.07, 6.45) is 3.53. The Morgan fingerprint density at radius 3 is 2.22 bits per heavy atom. The van der Waals surface area contributed by atoms with Crippen molar-refractivity contribution in [2.75, 3.05) is 0 Å². The Labute approximate surface area is 245 Å². The van der Waals surface area contributed by atoms with Crippen LogP contribution in [0.5, 0.6) is 0 Å². The van der Waals surface area contributed by atoms with Gasteiger partial charge >= 0.3 is 5.97 Å². The van der Waals surface area contributed by atoms with E-state index in [2.05, 4.69) is 34.6 Å². The number of Topliss-reactive ketones (excluding diaryl/α,β-unsaturated/α-hetero) is 1. The van der Waals surface area contributed by atoms with E-state index in [1.807, 2.05) is 0 Å². The molecule has 4 N–H and O–H groups in total. The van der Waals surface area contributed by atoms with Crippen LogP contribution < -0.4 is 0 Å². The van der Waals surface area contributed by atoms with Crippen LogP contribution in [-0.4, -0.2) is 69.0 Å². The topological polar surface area (TPSA) is 134 Å². The van der Waals surface area contributed by atoms with Crippen LogP contribution in [0, 0.1) is 52.3 Å². The third kappa shape index (κ3) is 5.65. The lowest BCUT2D eigenvalue weighted by Gasteiger charge is -2.61. The van der Waals surface area contributed by atoms with E-state index in [4.69, 9.17) is 9.47 Å². The second-order valence-corrected chi connectivity index (χ2v) is 15.5. The van der Waals surface area contributed by atoms with Gasteiger partial charge < -0.3 is 29.9 Å². The number of rotatable bonds is 8. The normalized spacial score (nSPS) is 48.7. The molecule has 1 saturated heterocycles. The number of carbonyl (C=O) groups is 2. The molecular formula is C33H54O8. The molecule has 0 aromatic rings. The van der Waals surface area contributed by atoms with Crippen molar-refractivity contribution in [2.24, 2.45) is 52.3 Å². The van der Waals surface area contributed by atoms with E-state index in [1.165, 1.54) is 32.1 Å². The first-order chi connectivity index (χ1) is 19.3. The molecule has 41 heavy (non-hydrogen) atoms. The molecule has 4 aliphatic carbocycles. The van der Waals surface area contributed by atoms with Gasteiger partial charge in [-0.1, -0.05) is 34.6 Å². The molecule has 1 heterocycles. The number of carboxylic acid groups (broad SMARTS) is 1. The number of hydrogen-bond acceptors (Lipinski definition) is 7.